The number of aromatic carboxylic acids is 1. The van der Waals surface area contributed by atoms with E-state index in [2.05, 4.69) is 34.2 Å². The number of carboxylic acid groups (broad SMARTS) is 1. The summed E-state index contributed by atoms with van der Waals surface area (Å²) in [4.78, 5) is 13.5. The SMILES string of the molecule is Cc1sc(CNc2cccc(C(=O)O)c2C)cc1Br. The largest absolute Gasteiger partial charge is 0.478 e. The first-order valence-electron chi connectivity index (χ1n) is 5.80. The predicted molar refractivity (Wildman–Crippen MR) is 82.2 cm³/mol. The number of carbonyl (C=O) groups is 1. The minimum atomic E-state index is -0.893. The minimum Gasteiger partial charge on any atom is -0.478 e. The molecule has 1 heterocycles. The average Bonchev–Trinajstić information content (AvgIpc) is 2.67. The Bertz CT molecular complexity index is 602. The third-order valence-electron chi connectivity index (χ3n) is 2.93. The molecule has 19 heavy (non-hydrogen) atoms. The molecule has 0 atom stereocenters. The first kappa shape index (κ1) is 14.1. The van der Waals surface area contributed by atoms with Crippen LogP contribution in [0.4, 0.5) is 5.69 Å². The molecule has 5 heteroatoms. The fourth-order valence-electron chi connectivity index (χ4n) is 1.85. The van der Waals surface area contributed by atoms with Gasteiger partial charge in [0.25, 0.3) is 0 Å². The van der Waals surface area contributed by atoms with Gasteiger partial charge in [0, 0.05) is 26.5 Å². The number of halogens is 1. The van der Waals surface area contributed by atoms with Crippen molar-refractivity contribution in [3.05, 3.63) is 49.6 Å². The van der Waals surface area contributed by atoms with Gasteiger partial charge in [0.2, 0.25) is 0 Å². The van der Waals surface area contributed by atoms with Crippen molar-refractivity contribution < 1.29 is 9.90 Å². The van der Waals surface area contributed by atoms with Crippen molar-refractivity contribution in [2.45, 2.75) is 20.4 Å². The molecule has 0 saturated carbocycles. The molecule has 1 aromatic heterocycles. The summed E-state index contributed by atoms with van der Waals surface area (Å²) in [6.07, 6.45) is 0. The summed E-state index contributed by atoms with van der Waals surface area (Å²) in [5.41, 5.74) is 1.97. The van der Waals surface area contributed by atoms with Gasteiger partial charge >= 0.3 is 5.97 Å². The Balaban J connectivity index is 2.16. The maximum absolute atomic E-state index is 11.1. The van der Waals surface area contributed by atoms with Crippen LogP contribution >= 0.6 is 27.3 Å². The van der Waals surface area contributed by atoms with Crippen LogP contribution in [0.15, 0.2) is 28.7 Å². The van der Waals surface area contributed by atoms with Crippen LogP contribution in [0.25, 0.3) is 0 Å². The molecule has 2 aromatic rings. The Kier molecular flexibility index (Phi) is 4.27. The number of carboxylic acids is 1. The average molecular weight is 340 g/mol. The summed E-state index contributed by atoms with van der Waals surface area (Å²) in [6, 6.07) is 7.36. The van der Waals surface area contributed by atoms with Crippen molar-refractivity contribution in [3.63, 3.8) is 0 Å². The summed E-state index contributed by atoms with van der Waals surface area (Å²) in [7, 11) is 0. The van der Waals surface area contributed by atoms with Crippen molar-refractivity contribution in [2.24, 2.45) is 0 Å². The summed E-state index contributed by atoms with van der Waals surface area (Å²) >= 11 is 5.22. The highest BCUT2D eigenvalue weighted by atomic mass is 79.9. The van der Waals surface area contributed by atoms with Crippen molar-refractivity contribution in [1.82, 2.24) is 0 Å². The molecule has 0 saturated heterocycles. The van der Waals surface area contributed by atoms with Gasteiger partial charge in [0.15, 0.2) is 0 Å². The second-order valence-corrected chi connectivity index (χ2v) is 6.45. The van der Waals surface area contributed by atoms with E-state index in [9.17, 15) is 4.79 Å². The highest BCUT2D eigenvalue weighted by molar-refractivity contribution is 9.10. The van der Waals surface area contributed by atoms with Crippen LogP contribution in [0.3, 0.4) is 0 Å². The summed E-state index contributed by atoms with van der Waals surface area (Å²) < 4.78 is 1.12. The smallest absolute Gasteiger partial charge is 0.336 e. The lowest BCUT2D eigenvalue weighted by atomic mass is 10.1. The highest BCUT2D eigenvalue weighted by Gasteiger charge is 2.10. The molecule has 100 valence electrons. The van der Waals surface area contributed by atoms with Crippen molar-refractivity contribution in [3.8, 4) is 0 Å². The van der Waals surface area contributed by atoms with Gasteiger partial charge in [0.05, 0.1) is 5.56 Å². The fraction of sp³-hybridized carbons (Fsp3) is 0.214. The number of anilines is 1. The molecule has 2 rings (SSSR count). The summed E-state index contributed by atoms with van der Waals surface area (Å²) in [6.45, 7) is 4.58. The lowest BCUT2D eigenvalue weighted by Gasteiger charge is -2.10. The van der Waals surface area contributed by atoms with Gasteiger partial charge < -0.3 is 10.4 Å². The van der Waals surface area contributed by atoms with Crippen LogP contribution in [0, 0.1) is 13.8 Å². The molecule has 0 radical (unpaired) electrons. The zero-order valence-electron chi connectivity index (χ0n) is 10.7. The number of nitrogens with one attached hydrogen (secondary N) is 1. The second-order valence-electron chi connectivity index (χ2n) is 4.25. The summed E-state index contributed by atoms with van der Waals surface area (Å²) in [5, 5.41) is 12.4. The van der Waals surface area contributed by atoms with E-state index >= 15 is 0 Å². The van der Waals surface area contributed by atoms with E-state index < -0.39 is 5.97 Å². The fourth-order valence-corrected chi connectivity index (χ4v) is 3.39. The standard InChI is InChI=1S/C14H14BrNO2S/c1-8-11(14(17)18)4-3-5-13(8)16-7-10-6-12(15)9(2)19-10/h3-6,16H,7H2,1-2H3,(H,17,18). The van der Waals surface area contributed by atoms with Crippen molar-refractivity contribution in [1.29, 1.82) is 0 Å². The van der Waals surface area contributed by atoms with Gasteiger partial charge in [-0.05, 0) is 53.5 Å². The molecule has 0 bridgehead atoms. The Morgan fingerprint density at radius 2 is 2.16 bits per heavy atom. The molecule has 0 amide bonds. The molecule has 0 unspecified atom stereocenters. The molecule has 0 fully saturated rings. The van der Waals surface area contributed by atoms with Crippen molar-refractivity contribution >= 4 is 38.9 Å². The highest BCUT2D eigenvalue weighted by Crippen LogP contribution is 2.27. The van der Waals surface area contributed by atoms with E-state index in [1.807, 2.05) is 13.0 Å². The number of benzene rings is 1. The van der Waals surface area contributed by atoms with Crippen LogP contribution in [-0.2, 0) is 6.54 Å². The number of thiophene rings is 1. The second kappa shape index (κ2) is 5.75. The van der Waals surface area contributed by atoms with Crippen LogP contribution in [0.5, 0.6) is 0 Å². The molecule has 0 aliphatic carbocycles. The first-order chi connectivity index (χ1) is 8.99. The first-order valence-corrected chi connectivity index (χ1v) is 7.41. The lowest BCUT2D eigenvalue weighted by molar-refractivity contribution is 0.0696. The van der Waals surface area contributed by atoms with Crippen molar-refractivity contribution in [2.75, 3.05) is 5.32 Å². The minimum absolute atomic E-state index is 0.341. The lowest BCUT2D eigenvalue weighted by Crippen LogP contribution is -2.05. The number of hydrogen-bond donors (Lipinski definition) is 2. The van der Waals surface area contributed by atoms with E-state index in [0.29, 0.717) is 12.1 Å². The molecule has 0 spiro atoms. The third kappa shape index (κ3) is 3.16. The monoisotopic (exact) mass is 339 g/mol. The maximum atomic E-state index is 11.1. The van der Waals surface area contributed by atoms with E-state index in [-0.39, 0.29) is 0 Å². The maximum Gasteiger partial charge on any atom is 0.336 e. The topological polar surface area (TPSA) is 49.3 Å². The Hall–Kier alpha value is -1.33. The molecule has 1 aromatic carbocycles. The van der Waals surface area contributed by atoms with Crippen LogP contribution < -0.4 is 5.32 Å². The normalized spacial score (nSPS) is 10.5. The van der Waals surface area contributed by atoms with Gasteiger partial charge in [-0.1, -0.05) is 6.07 Å². The van der Waals surface area contributed by atoms with Gasteiger partial charge in [-0.2, -0.15) is 0 Å². The van der Waals surface area contributed by atoms with Gasteiger partial charge in [-0.25, -0.2) is 4.79 Å². The quantitative estimate of drug-likeness (QED) is 0.865. The van der Waals surface area contributed by atoms with E-state index in [1.165, 1.54) is 9.75 Å². The molecule has 3 nitrogen and oxygen atoms in total. The Morgan fingerprint density at radius 3 is 2.74 bits per heavy atom. The molecule has 0 aliphatic rings. The van der Waals surface area contributed by atoms with Crippen LogP contribution in [0.1, 0.15) is 25.7 Å². The van der Waals surface area contributed by atoms with Crippen LogP contribution in [0.2, 0.25) is 0 Å². The molecule has 2 N–H and O–H groups in total. The molecular weight excluding hydrogens is 326 g/mol. The van der Waals surface area contributed by atoms with E-state index in [1.54, 1.807) is 23.5 Å². The van der Waals surface area contributed by atoms with Crippen LogP contribution in [-0.4, -0.2) is 11.1 Å². The number of aryl methyl sites for hydroxylation is 1. The van der Waals surface area contributed by atoms with Gasteiger partial charge in [-0.15, -0.1) is 11.3 Å². The predicted octanol–water partition coefficient (Wildman–Crippen LogP) is 4.44. The zero-order chi connectivity index (χ0) is 14.0. The van der Waals surface area contributed by atoms with E-state index in [4.69, 9.17) is 5.11 Å². The number of rotatable bonds is 4. The third-order valence-corrected chi connectivity index (χ3v) is 5.06. The molecular formula is C14H14BrNO2S. The van der Waals surface area contributed by atoms with E-state index in [0.717, 1.165) is 15.7 Å². The summed E-state index contributed by atoms with van der Waals surface area (Å²) in [5.74, 6) is -0.893. The Morgan fingerprint density at radius 1 is 1.42 bits per heavy atom. The number of hydrogen-bond acceptors (Lipinski definition) is 3. The molecule has 0 aliphatic heterocycles. The van der Waals surface area contributed by atoms with Gasteiger partial charge in [-0.3, -0.25) is 0 Å². The zero-order valence-corrected chi connectivity index (χ0v) is 13.1. The van der Waals surface area contributed by atoms with Gasteiger partial charge in [0.1, 0.15) is 0 Å². The Labute approximate surface area is 124 Å².